The minimum absolute atomic E-state index is 0.165. The van der Waals surface area contributed by atoms with Crippen LogP contribution in [0.3, 0.4) is 0 Å². The maximum Gasteiger partial charge on any atom is 0.264 e. The fourth-order valence-electron chi connectivity index (χ4n) is 3.03. The monoisotopic (exact) mass is 364 g/mol. The quantitative estimate of drug-likeness (QED) is 0.249. The maximum atomic E-state index is 10.6. The molecule has 4 nitrogen and oxygen atoms in total. The van der Waals surface area contributed by atoms with Crippen LogP contribution in [0, 0.1) is 0 Å². The standard InChI is InChI=1S/C19H40O4S/c1-2-3-4-5-6-7-8-9-10-11-13-16-19(20)17-14-12-15-18-24(21,22)23/h19-20H,2-18H2,1H3,(H,21,22,23). The van der Waals surface area contributed by atoms with E-state index in [0.29, 0.717) is 6.42 Å². The molecular formula is C19H40O4S. The van der Waals surface area contributed by atoms with Crippen LogP contribution in [0.5, 0.6) is 0 Å². The fourth-order valence-corrected chi connectivity index (χ4v) is 3.60. The molecule has 1 atom stereocenters. The van der Waals surface area contributed by atoms with Crippen molar-refractivity contribution in [3.63, 3.8) is 0 Å². The van der Waals surface area contributed by atoms with Crippen LogP contribution in [-0.4, -0.2) is 29.9 Å². The predicted molar refractivity (Wildman–Crippen MR) is 102 cm³/mol. The molecule has 0 aliphatic rings. The third-order valence-electron chi connectivity index (χ3n) is 4.58. The summed E-state index contributed by atoms with van der Waals surface area (Å²) in [6.45, 7) is 2.25. The molecule has 0 saturated heterocycles. The van der Waals surface area contributed by atoms with Crippen molar-refractivity contribution >= 4 is 10.1 Å². The van der Waals surface area contributed by atoms with E-state index in [-0.39, 0.29) is 11.9 Å². The molecule has 0 bridgehead atoms. The van der Waals surface area contributed by atoms with E-state index in [1.807, 2.05) is 0 Å². The highest BCUT2D eigenvalue weighted by Gasteiger charge is 2.06. The molecule has 0 radical (unpaired) electrons. The Hall–Kier alpha value is -0.130. The Morgan fingerprint density at radius 2 is 1.04 bits per heavy atom. The van der Waals surface area contributed by atoms with Crippen molar-refractivity contribution in [3.05, 3.63) is 0 Å². The molecule has 0 aromatic heterocycles. The van der Waals surface area contributed by atoms with Crippen LogP contribution in [-0.2, 0) is 10.1 Å². The summed E-state index contributed by atoms with van der Waals surface area (Å²) in [6, 6.07) is 0. The zero-order valence-corrected chi connectivity index (χ0v) is 16.5. The number of unbranched alkanes of at least 4 members (excludes halogenated alkanes) is 12. The first-order valence-corrected chi connectivity index (χ1v) is 11.7. The summed E-state index contributed by atoms with van der Waals surface area (Å²) in [6.07, 6.45) is 17.9. The number of aliphatic hydroxyl groups excluding tert-OH is 1. The lowest BCUT2D eigenvalue weighted by molar-refractivity contribution is 0.147. The van der Waals surface area contributed by atoms with Gasteiger partial charge in [-0.1, -0.05) is 90.4 Å². The van der Waals surface area contributed by atoms with Gasteiger partial charge in [0.1, 0.15) is 0 Å². The third kappa shape index (κ3) is 19.9. The summed E-state index contributed by atoms with van der Waals surface area (Å²) in [4.78, 5) is 0. The van der Waals surface area contributed by atoms with Gasteiger partial charge in [0.05, 0.1) is 11.9 Å². The van der Waals surface area contributed by atoms with Gasteiger partial charge in [-0.25, -0.2) is 0 Å². The average molecular weight is 365 g/mol. The van der Waals surface area contributed by atoms with Crippen LogP contribution < -0.4 is 0 Å². The van der Waals surface area contributed by atoms with Crippen molar-refractivity contribution in [2.75, 3.05) is 5.75 Å². The van der Waals surface area contributed by atoms with E-state index in [9.17, 15) is 13.5 Å². The van der Waals surface area contributed by atoms with Crippen molar-refractivity contribution in [2.45, 2.75) is 116 Å². The van der Waals surface area contributed by atoms with Crippen molar-refractivity contribution < 1.29 is 18.1 Å². The van der Waals surface area contributed by atoms with E-state index in [1.165, 1.54) is 64.2 Å². The molecule has 0 aromatic rings. The van der Waals surface area contributed by atoms with Gasteiger partial charge in [-0.05, 0) is 19.3 Å². The Balaban J connectivity index is 3.22. The van der Waals surface area contributed by atoms with Gasteiger partial charge in [0, 0.05) is 0 Å². The minimum atomic E-state index is -3.82. The summed E-state index contributed by atoms with van der Waals surface area (Å²) < 4.78 is 29.7. The largest absolute Gasteiger partial charge is 0.393 e. The zero-order chi connectivity index (χ0) is 18.1. The van der Waals surface area contributed by atoms with Gasteiger partial charge in [-0.3, -0.25) is 4.55 Å². The molecule has 0 aromatic carbocycles. The van der Waals surface area contributed by atoms with E-state index in [4.69, 9.17) is 4.55 Å². The molecule has 0 spiro atoms. The van der Waals surface area contributed by atoms with Crippen LogP contribution >= 0.6 is 0 Å². The van der Waals surface area contributed by atoms with Gasteiger partial charge < -0.3 is 5.11 Å². The zero-order valence-electron chi connectivity index (χ0n) is 15.7. The molecular weight excluding hydrogens is 324 g/mol. The molecule has 0 amide bonds. The van der Waals surface area contributed by atoms with Crippen LogP contribution in [0.1, 0.15) is 110 Å². The lowest BCUT2D eigenvalue weighted by Gasteiger charge is -2.10. The van der Waals surface area contributed by atoms with Gasteiger partial charge in [-0.15, -0.1) is 0 Å². The molecule has 5 heteroatoms. The van der Waals surface area contributed by atoms with Crippen LogP contribution in [0.25, 0.3) is 0 Å². The van der Waals surface area contributed by atoms with Crippen molar-refractivity contribution in [1.29, 1.82) is 0 Å². The lowest BCUT2D eigenvalue weighted by atomic mass is 10.0. The average Bonchev–Trinajstić information content (AvgIpc) is 2.51. The summed E-state index contributed by atoms with van der Waals surface area (Å²) >= 11 is 0. The van der Waals surface area contributed by atoms with Crippen LogP contribution in [0.4, 0.5) is 0 Å². The van der Waals surface area contributed by atoms with Crippen molar-refractivity contribution in [2.24, 2.45) is 0 Å². The molecule has 2 N–H and O–H groups in total. The van der Waals surface area contributed by atoms with Gasteiger partial charge in [-0.2, -0.15) is 8.42 Å². The molecule has 0 saturated carbocycles. The van der Waals surface area contributed by atoms with Crippen molar-refractivity contribution in [3.8, 4) is 0 Å². The van der Waals surface area contributed by atoms with Gasteiger partial charge in [0.15, 0.2) is 0 Å². The van der Waals surface area contributed by atoms with E-state index in [2.05, 4.69) is 6.92 Å². The first kappa shape index (κ1) is 23.9. The van der Waals surface area contributed by atoms with Crippen LogP contribution in [0.15, 0.2) is 0 Å². The Labute approximate surface area is 150 Å². The van der Waals surface area contributed by atoms with Crippen molar-refractivity contribution in [1.82, 2.24) is 0 Å². The topological polar surface area (TPSA) is 74.6 Å². The number of aliphatic hydroxyl groups is 1. The number of hydrogen-bond donors (Lipinski definition) is 2. The normalized spacial score (nSPS) is 13.3. The summed E-state index contributed by atoms with van der Waals surface area (Å²) in [5.41, 5.74) is 0. The smallest absolute Gasteiger partial charge is 0.264 e. The summed E-state index contributed by atoms with van der Waals surface area (Å²) in [5.74, 6) is -0.165. The predicted octanol–water partition coefficient (Wildman–Crippen LogP) is 5.50. The first-order valence-electron chi connectivity index (χ1n) is 10.1. The highest BCUT2D eigenvalue weighted by atomic mass is 32.2. The molecule has 0 aliphatic heterocycles. The Morgan fingerprint density at radius 3 is 1.46 bits per heavy atom. The molecule has 0 heterocycles. The molecule has 1 unspecified atom stereocenters. The van der Waals surface area contributed by atoms with E-state index < -0.39 is 10.1 Å². The second kappa shape index (κ2) is 16.3. The summed E-state index contributed by atoms with van der Waals surface area (Å²) in [7, 11) is -3.82. The number of hydrogen-bond acceptors (Lipinski definition) is 3. The molecule has 0 fully saturated rings. The number of rotatable bonds is 18. The highest BCUT2D eigenvalue weighted by Crippen LogP contribution is 2.14. The fraction of sp³-hybridized carbons (Fsp3) is 1.00. The van der Waals surface area contributed by atoms with Gasteiger partial charge in [0.2, 0.25) is 0 Å². The third-order valence-corrected chi connectivity index (χ3v) is 5.39. The molecule has 0 rings (SSSR count). The minimum Gasteiger partial charge on any atom is -0.393 e. The maximum absolute atomic E-state index is 10.6. The Bertz CT molecular complexity index is 354. The van der Waals surface area contributed by atoms with Gasteiger partial charge in [0.25, 0.3) is 10.1 Å². The SMILES string of the molecule is CCCCCCCCCCCCCC(O)CCCCCS(=O)(=O)O. The lowest BCUT2D eigenvalue weighted by Crippen LogP contribution is -2.07. The Kier molecular flexibility index (Phi) is 16.3. The molecule has 146 valence electrons. The molecule has 24 heavy (non-hydrogen) atoms. The van der Waals surface area contributed by atoms with Gasteiger partial charge >= 0.3 is 0 Å². The second-order valence-electron chi connectivity index (χ2n) is 7.11. The van der Waals surface area contributed by atoms with E-state index in [1.54, 1.807) is 0 Å². The van der Waals surface area contributed by atoms with E-state index in [0.717, 1.165) is 32.1 Å². The van der Waals surface area contributed by atoms with Crippen LogP contribution in [0.2, 0.25) is 0 Å². The Morgan fingerprint density at radius 1 is 0.667 bits per heavy atom. The second-order valence-corrected chi connectivity index (χ2v) is 8.69. The van der Waals surface area contributed by atoms with E-state index >= 15 is 0 Å². The highest BCUT2D eigenvalue weighted by molar-refractivity contribution is 7.85. The first-order chi connectivity index (χ1) is 11.5. The summed E-state index contributed by atoms with van der Waals surface area (Å²) in [5, 5.41) is 9.88. The molecule has 0 aliphatic carbocycles.